The summed E-state index contributed by atoms with van der Waals surface area (Å²) in [5.41, 5.74) is -7.56. The molecule has 17 nitrogen and oxygen atoms in total. The number of allylic oxidation sites excluding steroid dienone is 2. The third-order valence-corrected chi connectivity index (χ3v) is 13.3. The van der Waals surface area contributed by atoms with Gasteiger partial charge in [-0.3, -0.25) is 14.4 Å². The van der Waals surface area contributed by atoms with Crippen LogP contribution in [0.15, 0.2) is 35.4 Å². The smallest absolute Gasteiger partial charge is 0.198 e. The predicted molar refractivity (Wildman–Crippen MR) is 204 cm³/mol. The summed E-state index contributed by atoms with van der Waals surface area (Å²) in [6.07, 6.45) is -8.39. The third-order valence-electron chi connectivity index (χ3n) is 13.3. The highest BCUT2D eigenvalue weighted by molar-refractivity contribution is 6.32. The normalized spacial score (nSPS) is 45.9. The van der Waals surface area contributed by atoms with Crippen molar-refractivity contribution >= 4 is 17.3 Å². The molecule has 4 heterocycles. The Hall–Kier alpha value is -3.01. The average molecular weight is 845 g/mol. The topological polar surface area (TPSA) is 257 Å². The lowest BCUT2D eigenvalue weighted by Crippen LogP contribution is -2.71. The highest BCUT2D eigenvalue weighted by Gasteiger charge is 2.69. The molecule has 0 aromatic heterocycles. The van der Waals surface area contributed by atoms with Gasteiger partial charge in [0, 0.05) is 55.2 Å². The fourth-order valence-corrected chi connectivity index (χ4v) is 10.1. The molecule has 60 heavy (non-hydrogen) atoms. The Morgan fingerprint density at radius 2 is 1.38 bits per heavy atom. The van der Waals surface area contributed by atoms with Crippen molar-refractivity contribution in [3.63, 3.8) is 0 Å². The molecular weight excluding hydrogens is 788 g/mol. The van der Waals surface area contributed by atoms with E-state index >= 15 is 0 Å². The summed E-state index contributed by atoms with van der Waals surface area (Å²) in [4.78, 5) is 43.5. The molecule has 7 aliphatic rings. The van der Waals surface area contributed by atoms with E-state index in [1.165, 1.54) is 31.2 Å². The van der Waals surface area contributed by atoms with Gasteiger partial charge in [-0.05, 0) is 59.6 Å². The van der Waals surface area contributed by atoms with Crippen molar-refractivity contribution < 1.29 is 83.3 Å². The van der Waals surface area contributed by atoms with Crippen molar-refractivity contribution in [2.45, 2.75) is 189 Å². The second-order valence-electron chi connectivity index (χ2n) is 17.9. The summed E-state index contributed by atoms with van der Waals surface area (Å²) in [5, 5.41) is 76.8. The number of carbonyl (C=O) groups is 3. The second-order valence-corrected chi connectivity index (χ2v) is 17.9. The number of ketones is 3. The van der Waals surface area contributed by atoms with Crippen LogP contribution < -0.4 is 0 Å². The van der Waals surface area contributed by atoms with Crippen molar-refractivity contribution in [2.24, 2.45) is 0 Å². The minimum atomic E-state index is -2.47. The average Bonchev–Trinajstić information content (AvgIpc) is 3.17. The molecule has 0 amide bonds. The van der Waals surface area contributed by atoms with Crippen molar-refractivity contribution in [3.05, 3.63) is 52.1 Å². The van der Waals surface area contributed by atoms with Gasteiger partial charge in [0.05, 0.1) is 71.7 Å². The number of aliphatic hydroxyl groups excluding tert-OH is 4. The van der Waals surface area contributed by atoms with Crippen molar-refractivity contribution in [1.82, 2.24) is 0 Å². The van der Waals surface area contributed by atoms with Gasteiger partial charge in [0.25, 0.3) is 0 Å². The first kappa shape index (κ1) is 43.6. The Balaban J connectivity index is 1.03. The quantitative estimate of drug-likeness (QED) is 0.205. The van der Waals surface area contributed by atoms with E-state index in [9.17, 15) is 50.1 Å². The van der Waals surface area contributed by atoms with Crippen molar-refractivity contribution in [1.29, 1.82) is 0 Å². The second kappa shape index (κ2) is 16.0. The lowest BCUT2D eigenvalue weighted by Gasteiger charge is -2.55. The first-order valence-electron chi connectivity index (χ1n) is 20.9. The van der Waals surface area contributed by atoms with E-state index in [1.54, 1.807) is 20.8 Å². The number of Topliss-reactive ketones (excluding diaryl/α,β-unsaturated/α-hetero) is 3. The number of hydrogen-bond donors (Lipinski definition) is 7. The van der Waals surface area contributed by atoms with Gasteiger partial charge in [-0.1, -0.05) is 12.1 Å². The molecule has 4 aliphatic heterocycles. The third kappa shape index (κ3) is 7.42. The van der Waals surface area contributed by atoms with Gasteiger partial charge in [0.2, 0.25) is 0 Å². The summed E-state index contributed by atoms with van der Waals surface area (Å²) in [5.74, 6) is -3.03. The number of rotatable bonds is 7. The van der Waals surface area contributed by atoms with Crippen LogP contribution in [0, 0.1) is 0 Å². The van der Waals surface area contributed by atoms with Gasteiger partial charge in [-0.2, -0.15) is 0 Å². The molecule has 1 aromatic carbocycles. The zero-order valence-electron chi connectivity index (χ0n) is 34.3. The minimum absolute atomic E-state index is 0.0307. The van der Waals surface area contributed by atoms with Crippen LogP contribution in [0.2, 0.25) is 0 Å². The van der Waals surface area contributed by atoms with Crippen LogP contribution in [-0.2, 0) is 38.0 Å². The van der Waals surface area contributed by atoms with E-state index in [4.69, 9.17) is 33.2 Å². The molecule has 17 heteroatoms. The van der Waals surface area contributed by atoms with Crippen LogP contribution in [0.4, 0.5) is 0 Å². The summed E-state index contributed by atoms with van der Waals surface area (Å²) in [6.45, 7) is 8.11. The molecule has 17 atom stereocenters. The molecule has 8 rings (SSSR count). The molecule has 4 saturated heterocycles. The molecule has 330 valence electrons. The number of carbonyl (C=O) groups excluding carboxylic acids is 3. The molecular formula is C43H56O17. The number of benzene rings is 1. The molecule has 0 spiro atoms. The van der Waals surface area contributed by atoms with Crippen LogP contribution in [0.3, 0.4) is 0 Å². The molecule has 1 aromatic rings. The Bertz CT molecular complexity index is 1930. The van der Waals surface area contributed by atoms with E-state index in [0.717, 1.165) is 0 Å². The fraction of sp³-hybridized carbons (Fsp3) is 0.698. The Morgan fingerprint density at radius 1 is 0.717 bits per heavy atom. The Morgan fingerprint density at radius 3 is 2.08 bits per heavy atom. The molecule has 0 radical (unpaired) electrons. The number of hydrogen-bond acceptors (Lipinski definition) is 17. The summed E-state index contributed by atoms with van der Waals surface area (Å²) >= 11 is 0. The SMILES string of the molecule is C[C@@H]1O[C@@H](O[C@]23C(=O)C[C@](C)(O)C[C@]2(O)C=CC2=C3C(=O)c3ccc([C@@H]4C[C@@H](O[C@@H]5CC[C@H](O[C@H]6C[C@@H](O)[C@H](O)[C@@H](C)O6)[C@@H](C)O5)[C@@H](O)[C@@H](C)O4)c(O)c3C2=O)CC[C@@H]1O. The predicted octanol–water partition coefficient (Wildman–Crippen LogP) is 1.49. The number of fused-ring (bicyclic) bond motifs is 3. The van der Waals surface area contributed by atoms with Gasteiger partial charge in [0.1, 0.15) is 23.6 Å². The summed E-state index contributed by atoms with van der Waals surface area (Å²) in [7, 11) is 0. The van der Waals surface area contributed by atoms with Crippen LogP contribution in [-0.4, -0.2) is 150 Å². The monoisotopic (exact) mass is 844 g/mol. The zero-order chi connectivity index (χ0) is 43.2. The zero-order valence-corrected chi connectivity index (χ0v) is 34.3. The molecule has 7 N–H and O–H groups in total. The number of ether oxygens (including phenoxy) is 7. The lowest BCUT2D eigenvalue weighted by atomic mass is 9.57. The number of phenols is 1. The van der Waals surface area contributed by atoms with Crippen LogP contribution in [0.1, 0.15) is 118 Å². The van der Waals surface area contributed by atoms with E-state index in [2.05, 4.69) is 0 Å². The fourth-order valence-electron chi connectivity index (χ4n) is 10.1. The van der Waals surface area contributed by atoms with Gasteiger partial charge < -0.3 is 68.9 Å². The maximum Gasteiger partial charge on any atom is 0.198 e. The van der Waals surface area contributed by atoms with Gasteiger partial charge in [0.15, 0.2) is 41.8 Å². The van der Waals surface area contributed by atoms with E-state index in [1.807, 2.05) is 6.92 Å². The molecule has 3 aliphatic carbocycles. The van der Waals surface area contributed by atoms with Crippen molar-refractivity contribution in [3.8, 4) is 5.75 Å². The summed E-state index contributed by atoms with van der Waals surface area (Å²) in [6, 6.07) is 2.78. The molecule has 5 fully saturated rings. The van der Waals surface area contributed by atoms with E-state index in [0.29, 0.717) is 12.8 Å². The standard InChI is InChI=1S/C43H56O17/c1-18-25(44)8-10-32(55-18)60-43-30(46)16-41(5,52)17-42(43,53)13-12-24-35(43)40(51)23-7-6-22(38(49)34(23)39(24)50)28-15-29(37(48)21(4)54-28)59-31-11-9-27(19(2)56-31)58-33-14-26(45)36(47)20(3)57-33/h6-7,12-13,18-21,25-29,31-33,36-37,44-45,47-49,52-53H,8-11,14-17H2,1-5H3/t18-,19+,20+,21+,25-,26+,27-,28-,29+,31+,32-,33-,36+,37-,41-,42+,43-/m0/s1. The highest BCUT2D eigenvalue weighted by atomic mass is 16.7. The van der Waals surface area contributed by atoms with Gasteiger partial charge in [-0.15, -0.1) is 0 Å². The van der Waals surface area contributed by atoms with Gasteiger partial charge in [-0.25, -0.2) is 0 Å². The van der Waals surface area contributed by atoms with Crippen LogP contribution in [0.25, 0.3) is 0 Å². The lowest BCUT2D eigenvalue weighted by molar-refractivity contribution is -0.306. The maximum absolute atomic E-state index is 14.7. The Kier molecular flexibility index (Phi) is 11.6. The van der Waals surface area contributed by atoms with Crippen LogP contribution in [0.5, 0.6) is 5.75 Å². The minimum Gasteiger partial charge on any atom is -0.507 e. The number of phenolic OH excluding ortho intramolecular Hbond substituents is 1. The largest absolute Gasteiger partial charge is 0.507 e. The van der Waals surface area contributed by atoms with E-state index < -0.39 is 144 Å². The van der Waals surface area contributed by atoms with Gasteiger partial charge >= 0.3 is 0 Å². The Labute approximate surface area is 346 Å². The first-order chi connectivity index (χ1) is 28.2. The molecule has 0 unspecified atom stereocenters. The molecule has 0 bridgehead atoms. The summed E-state index contributed by atoms with van der Waals surface area (Å²) < 4.78 is 42.7. The first-order valence-corrected chi connectivity index (χ1v) is 20.9. The van der Waals surface area contributed by atoms with Crippen LogP contribution >= 0.6 is 0 Å². The highest BCUT2D eigenvalue weighted by Crippen LogP contribution is 2.55. The van der Waals surface area contributed by atoms with E-state index in [-0.39, 0.29) is 47.9 Å². The number of aliphatic hydroxyl groups is 6. The molecule has 1 saturated carbocycles. The number of aromatic hydroxyl groups is 1. The van der Waals surface area contributed by atoms with Crippen molar-refractivity contribution in [2.75, 3.05) is 0 Å². The maximum atomic E-state index is 14.7.